The number of nitrogens with zero attached hydrogens (tertiary/aromatic N) is 3. The van der Waals surface area contributed by atoms with Crippen LogP contribution in [0.5, 0.6) is 0 Å². The van der Waals surface area contributed by atoms with Crippen LogP contribution in [0, 0.1) is 11.7 Å². The highest BCUT2D eigenvalue weighted by molar-refractivity contribution is 7.90. The van der Waals surface area contributed by atoms with E-state index in [-0.39, 0.29) is 22.5 Å². The largest absolute Gasteiger partial charge is 0.366 e. The Kier molecular flexibility index (Phi) is 5.95. The SMILES string of the molecule is C[C@@H](CC(=O)N1CCN(c2ccccc2F)CC1)CC1=NS(=O)(=O)c2ccccc2N1. The average molecular weight is 445 g/mol. The van der Waals surface area contributed by atoms with Crippen molar-refractivity contribution >= 4 is 33.1 Å². The summed E-state index contributed by atoms with van der Waals surface area (Å²) in [7, 11) is -3.73. The number of para-hydroxylation sites is 2. The number of carbonyl (C=O) groups excluding carboxylic acids is 1. The molecule has 0 aromatic heterocycles. The predicted octanol–water partition coefficient (Wildman–Crippen LogP) is 3.10. The number of nitrogens with one attached hydrogen (secondary N) is 1. The minimum absolute atomic E-state index is 0.0142. The number of amidine groups is 1. The van der Waals surface area contributed by atoms with E-state index in [9.17, 15) is 17.6 Å². The smallest absolute Gasteiger partial charge is 0.286 e. The molecule has 2 aromatic rings. The Balaban J connectivity index is 1.32. The van der Waals surface area contributed by atoms with E-state index in [4.69, 9.17) is 0 Å². The first kappa shape index (κ1) is 21.3. The summed E-state index contributed by atoms with van der Waals surface area (Å²) in [6.07, 6.45) is 0.649. The summed E-state index contributed by atoms with van der Waals surface area (Å²) < 4.78 is 42.6. The molecule has 2 heterocycles. The van der Waals surface area contributed by atoms with Crippen molar-refractivity contribution in [1.82, 2.24) is 4.90 Å². The van der Waals surface area contributed by atoms with Gasteiger partial charge in [-0.25, -0.2) is 4.39 Å². The van der Waals surface area contributed by atoms with Gasteiger partial charge in [-0.1, -0.05) is 31.2 Å². The number of piperazine rings is 1. The lowest BCUT2D eigenvalue weighted by molar-refractivity contribution is -0.132. The molecule has 2 aliphatic rings. The van der Waals surface area contributed by atoms with Crippen LogP contribution in [0.25, 0.3) is 0 Å². The van der Waals surface area contributed by atoms with E-state index in [1.165, 1.54) is 12.1 Å². The highest BCUT2D eigenvalue weighted by Crippen LogP contribution is 2.28. The van der Waals surface area contributed by atoms with Gasteiger partial charge in [0.2, 0.25) is 5.91 Å². The first-order valence-electron chi connectivity index (χ1n) is 10.3. The minimum Gasteiger partial charge on any atom is -0.366 e. The quantitative estimate of drug-likeness (QED) is 0.766. The molecule has 4 rings (SSSR count). The lowest BCUT2D eigenvalue weighted by Crippen LogP contribution is -2.49. The Hall–Kier alpha value is -2.94. The molecule has 1 N–H and O–H groups in total. The first-order chi connectivity index (χ1) is 14.8. The van der Waals surface area contributed by atoms with Crippen LogP contribution < -0.4 is 10.2 Å². The molecule has 31 heavy (non-hydrogen) atoms. The van der Waals surface area contributed by atoms with E-state index < -0.39 is 10.0 Å². The van der Waals surface area contributed by atoms with Crippen LogP contribution in [0.2, 0.25) is 0 Å². The van der Waals surface area contributed by atoms with Crippen molar-refractivity contribution in [3.05, 3.63) is 54.3 Å². The van der Waals surface area contributed by atoms with Crippen molar-refractivity contribution in [1.29, 1.82) is 0 Å². The van der Waals surface area contributed by atoms with E-state index in [0.717, 1.165) is 0 Å². The molecule has 1 amide bonds. The number of fused-ring (bicyclic) bond motifs is 1. The maximum atomic E-state index is 14.0. The van der Waals surface area contributed by atoms with Crippen LogP contribution in [0.4, 0.5) is 15.8 Å². The fourth-order valence-corrected chi connectivity index (χ4v) is 5.15. The highest BCUT2D eigenvalue weighted by Gasteiger charge is 2.27. The molecule has 0 bridgehead atoms. The average Bonchev–Trinajstić information content (AvgIpc) is 2.73. The Bertz CT molecular complexity index is 1110. The third-order valence-corrected chi connectivity index (χ3v) is 6.94. The van der Waals surface area contributed by atoms with Crippen LogP contribution >= 0.6 is 0 Å². The van der Waals surface area contributed by atoms with Gasteiger partial charge in [-0.15, -0.1) is 4.40 Å². The van der Waals surface area contributed by atoms with Gasteiger partial charge in [0.1, 0.15) is 16.5 Å². The molecule has 2 aromatic carbocycles. The third kappa shape index (κ3) is 4.71. The Morgan fingerprint density at radius 3 is 2.52 bits per heavy atom. The van der Waals surface area contributed by atoms with Crippen molar-refractivity contribution in [2.45, 2.75) is 24.7 Å². The van der Waals surface area contributed by atoms with E-state index in [1.54, 1.807) is 41.3 Å². The molecule has 0 saturated carbocycles. The molecule has 1 fully saturated rings. The van der Waals surface area contributed by atoms with Gasteiger partial charge in [0.25, 0.3) is 10.0 Å². The van der Waals surface area contributed by atoms with Gasteiger partial charge in [-0.2, -0.15) is 8.42 Å². The molecule has 0 aliphatic carbocycles. The van der Waals surface area contributed by atoms with E-state index in [2.05, 4.69) is 9.71 Å². The number of anilines is 2. The van der Waals surface area contributed by atoms with Gasteiger partial charge in [-0.05, 0) is 30.2 Å². The zero-order valence-electron chi connectivity index (χ0n) is 17.3. The number of rotatable bonds is 5. The van der Waals surface area contributed by atoms with E-state index in [0.29, 0.717) is 56.2 Å². The fraction of sp³-hybridized carbons (Fsp3) is 0.364. The second-order valence-corrected chi connectivity index (χ2v) is 9.54. The van der Waals surface area contributed by atoms with Crippen LogP contribution in [0.15, 0.2) is 57.8 Å². The van der Waals surface area contributed by atoms with Crippen LogP contribution in [-0.4, -0.2) is 51.2 Å². The minimum atomic E-state index is -3.73. The Morgan fingerprint density at radius 1 is 1.10 bits per heavy atom. The fourth-order valence-electron chi connectivity index (χ4n) is 3.99. The number of benzene rings is 2. The van der Waals surface area contributed by atoms with Crippen LogP contribution in [0.1, 0.15) is 19.8 Å². The summed E-state index contributed by atoms with van der Waals surface area (Å²) in [5, 5.41) is 3.07. The summed E-state index contributed by atoms with van der Waals surface area (Å²) in [4.78, 5) is 16.6. The van der Waals surface area contributed by atoms with E-state index >= 15 is 0 Å². The van der Waals surface area contributed by atoms with Gasteiger partial charge in [-0.3, -0.25) is 4.79 Å². The summed E-state index contributed by atoms with van der Waals surface area (Å²) >= 11 is 0. The number of hydrogen-bond acceptors (Lipinski definition) is 5. The molecular formula is C22H25FN4O3S. The molecule has 0 radical (unpaired) electrons. The van der Waals surface area contributed by atoms with Gasteiger partial charge in [0, 0.05) is 39.0 Å². The highest BCUT2D eigenvalue weighted by atomic mass is 32.2. The first-order valence-corrected chi connectivity index (χ1v) is 11.7. The number of halogens is 1. The van der Waals surface area contributed by atoms with Gasteiger partial charge in [0.15, 0.2) is 0 Å². The molecule has 9 heteroatoms. The van der Waals surface area contributed by atoms with Gasteiger partial charge in [0.05, 0.1) is 11.4 Å². The van der Waals surface area contributed by atoms with Crippen LogP contribution in [-0.2, 0) is 14.8 Å². The number of amides is 1. The zero-order chi connectivity index (χ0) is 22.0. The van der Waals surface area contributed by atoms with Crippen molar-refractivity contribution in [2.75, 3.05) is 36.4 Å². The number of carbonyl (C=O) groups is 1. The molecule has 2 aliphatic heterocycles. The van der Waals surface area contributed by atoms with Crippen molar-refractivity contribution in [2.24, 2.45) is 10.3 Å². The molecule has 0 unspecified atom stereocenters. The van der Waals surface area contributed by atoms with E-state index in [1.807, 2.05) is 11.8 Å². The number of hydrogen-bond donors (Lipinski definition) is 1. The summed E-state index contributed by atoms with van der Waals surface area (Å²) in [6, 6.07) is 13.3. The summed E-state index contributed by atoms with van der Waals surface area (Å²) in [5.41, 5.74) is 1.07. The third-order valence-electron chi connectivity index (χ3n) is 5.56. The monoisotopic (exact) mass is 444 g/mol. The maximum absolute atomic E-state index is 14.0. The van der Waals surface area contributed by atoms with Gasteiger partial charge < -0.3 is 15.1 Å². The summed E-state index contributed by atoms with van der Waals surface area (Å²) in [6.45, 7) is 4.11. The molecule has 1 saturated heterocycles. The van der Waals surface area contributed by atoms with Crippen molar-refractivity contribution < 1.29 is 17.6 Å². The topological polar surface area (TPSA) is 82.1 Å². The van der Waals surface area contributed by atoms with Crippen molar-refractivity contribution in [3.8, 4) is 0 Å². The second kappa shape index (κ2) is 8.66. The normalized spacial score (nSPS) is 18.6. The zero-order valence-corrected chi connectivity index (χ0v) is 18.1. The molecule has 0 spiro atoms. The predicted molar refractivity (Wildman–Crippen MR) is 118 cm³/mol. The number of sulfonamides is 1. The van der Waals surface area contributed by atoms with Gasteiger partial charge >= 0.3 is 0 Å². The maximum Gasteiger partial charge on any atom is 0.286 e. The molecular weight excluding hydrogens is 419 g/mol. The van der Waals surface area contributed by atoms with Crippen LogP contribution in [0.3, 0.4) is 0 Å². The Morgan fingerprint density at radius 2 is 1.77 bits per heavy atom. The lowest BCUT2D eigenvalue weighted by Gasteiger charge is -2.36. The Labute approximate surface area is 181 Å². The molecule has 164 valence electrons. The molecule has 1 atom stereocenters. The van der Waals surface area contributed by atoms with Crippen molar-refractivity contribution in [3.63, 3.8) is 0 Å². The molecule has 7 nitrogen and oxygen atoms in total. The standard InChI is InChI=1S/C22H25FN4O3S/c1-16(14-21-24-18-7-3-5-9-20(18)31(29,30)25-21)15-22(28)27-12-10-26(11-13-27)19-8-4-2-6-17(19)23/h2-9,16H,10-15H2,1H3,(H,24,25)/t16-/m1/s1. The lowest BCUT2D eigenvalue weighted by atomic mass is 10.0. The second-order valence-electron chi connectivity index (χ2n) is 7.97. The summed E-state index contributed by atoms with van der Waals surface area (Å²) in [5.74, 6) is 0.0284.